The Bertz CT molecular complexity index is 404. The Kier molecular flexibility index (Phi) is 2.40. The van der Waals surface area contributed by atoms with E-state index >= 15 is 0 Å². The molecule has 3 heteroatoms. The van der Waals surface area contributed by atoms with Crippen LogP contribution in [0.2, 0.25) is 5.02 Å². The molecule has 0 radical (unpaired) electrons. The van der Waals surface area contributed by atoms with Gasteiger partial charge in [-0.15, -0.1) is 0 Å². The van der Waals surface area contributed by atoms with Crippen molar-refractivity contribution in [2.75, 3.05) is 5.32 Å². The minimum Gasteiger partial charge on any atom is -0.326 e. The van der Waals surface area contributed by atoms with Crippen LogP contribution < -0.4 is 5.32 Å². The van der Waals surface area contributed by atoms with Gasteiger partial charge in [-0.2, -0.15) is 0 Å². The monoisotopic (exact) mass is 235 g/mol. The second-order valence-corrected chi connectivity index (χ2v) is 5.36. The minimum atomic E-state index is 0.175. The number of halogens is 1. The van der Waals surface area contributed by atoms with Crippen molar-refractivity contribution in [3.8, 4) is 0 Å². The lowest BCUT2D eigenvalue weighted by Gasteiger charge is -2.12. The highest BCUT2D eigenvalue weighted by Crippen LogP contribution is 2.54. The molecule has 84 valence electrons. The smallest absolute Gasteiger partial charge is 0.227 e. The zero-order valence-electron chi connectivity index (χ0n) is 8.95. The van der Waals surface area contributed by atoms with Gasteiger partial charge in [-0.25, -0.2) is 0 Å². The molecule has 2 fully saturated rings. The summed E-state index contributed by atoms with van der Waals surface area (Å²) in [6.07, 6.45) is 3.53. The lowest BCUT2D eigenvalue weighted by Crippen LogP contribution is -2.21. The Labute approximate surface area is 100.0 Å². The third kappa shape index (κ3) is 1.94. The Morgan fingerprint density at radius 1 is 1.12 bits per heavy atom. The first-order valence-corrected chi connectivity index (χ1v) is 6.16. The molecule has 0 saturated heterocycles. The predicted molar refractivity (Wildman–Crippen MR) is 64.4 cm³/mol. The quantitative estimate of drug-likeness (QED) is 0.837. The zero-order valence-corrected chi connectivity index (χ0v) is 9.70. The molecule has 0 aromatic heterocycles. The van der Waals surface area contributed by atoms with Gasteiger partial charge in [0.2, 0.25) is 5.91 Å². The summed E-state index contributed by atoms with van der Waals surface area (Å²) >= 11 is 5.79. The van der Waals surface area contributed by atoms with Crippen LogP contribution in [0, 0.1) is 17.8 Å². The van der Waals surface area contributed by atoms with E-state index in [0.29, 0.717) is 5.02 Å². The molecule has 3 rings (SSSR count). The van der Waals surface area contributed by atoms with Crippen LogP contribution in [-0.4, -0.2) is 5.91 Å². The lowest BCUT2D eigenvalue weighted by molar-refractivity contribution is -0.120. The van der Waals surface area contributed by atoms with E-state index in [1.54, 1.807) is 12.1 Å². The fourth-order valence-corrected chi connectivity index (χ4v) is 2.83. The van der Waals surface area contributed by atoms with Crippen LogP contribution in [0.15, 0.2) is 24.3 Å². The molecule has 2 aliphatic carbocycles. The van der Waals surface area contributed by atoms with Crippen molar-refractivity contribution < 1.29 is 4.79 Å². The molecule has 2 atom stereocenters. The lowest BCUT2D eigenvalue weighted by atomic mass is 10.0. The summed E-state index contributed by atoms with van der Waals surface area (Å²) in [4.78, 5) is 11.9. The number of carbonyl (C=O) groups excluding carboxylic acids is 1. The van der Waals surface area contributed by atoms with Crippen molar-refractivity contribution in [2.24, 2.45) is 17.8 Å². The third-order valence-electron chi connectivity index (χ3n) is 3.73. The average molecular weight is 236 g/mol. The van der Waals surface area contributed by atoms with Crippen LogP contribution in [0.5, 0.6) is 0 Å². The second kappa shape index (κ2) is 3.77. The molecule has 0 aliphatic heterocycles. The van der Waals surface area contributed by atoms with Crippen molar-refractivity contribution >= 4 is 23.2 Å². The fourth-order valence-electron chi connectivity index (χ4n) is 2.71. The van der Waals surface area contributed by atoms with Gasteiger partial charge in [0.25, 0.3) is 0 Å². The van der Waals surface area contributed by atoms with Gasteiger partial charge in [0, 0.05) is 16.6 Å². The molecule has 2 aliphatic rings. The van der Waals surface area contributed by atoms with Crippen LogP contribution in [0.3, 0.4) is 0 Å². The number of anilines is 1. The molecule has 1 aromatic carbocycles. The molecule has 2 saturated carbocycles. The van der Waals surface area contributed by atoms with Crippen LogP contribution in [-0.2, 0) is 4.79 Å². The predicted octanol–water partition coefficient (Wildman–Crippen LogP) is 3.32. The number of fused-ring (bicyclic) bond motifs is 1. The maximum atomic E-state index is 11.9. The average Bonchev–Trinajstić information content (AvgIpc) is 2.89. The van der Waals surface area contributed by atoms with Gasteiger partial charge in [0.1, 0.15) is 0 Å². The number of nitrogens with one attached hydrogen (secondary N) is 1. The third-order valence-corrected chi connectivity index (χ3v) is 3.98. The molecule has 0 spiro atoms. The molecule has 1 amide bonds. The van der Waals surface area contributed by atoms with E-state index in [1.165, 1.54) is 6.42 Å². The number of amides is 1. The number of benzene rings is 1. The summed E-state index contributed by atoms with van der Waals surface area (Å²) in [6, 6.07) is 7.28. The molecule has 1 N–H and O–H groups in total. The van der Waals surface area contributed by atoms with E-state index in [0.717, 1.165) is 30.4 Å². The summed E-state index contributed by atoms with van der Waals surface area (Å²) in [5, 5.41) is 3.65. The highest BCUT2D eigenvalue weighted by molar-refractivity contribution is 6.30. The first-order valence-electron chi connectivity index (χ1n) is 5.79. The van der Waals surface area contributed by atoms with Crippen LogP contribution >= 0.6 is 11.6 Å². The molecule has 2 nitrogen and oxygen atoms in total. The summed E-state index contributed by atoms with van der Waals surface area (Å²) < 4.78 is 0. The number of hydrogen-bond acceptors (Lipinski definition) is 1. The maximum Gasteiger partial charge on any atom is 0.227 e. The Hall–Kier alpha value is -1.02. The molecule has 1 aromatic rings. The number of hydrogen-bond donors (Lipinski definition) is 1. The van der Waals surface area contributed by atoms with Gasteiger partial charge in [0.05, 0.1) is 0 Å². The number of carbonyl (C=O) groups is 1. The minimum absolute atomic E-state index is 0.175. The Morgan fingerprint density at radius 3 is 2.38 bits per heavy atom. The van der Waals surface area contributed by atoms with Gasteiger partial charge >= 0.3 is 0 Å². The van der Waals surface area contributed by atoms with E-state index in [-0.39, 0.29) is 11.8 Å². The van der Waals surface area contributed by atoms with E-state index in [1.807, 2.05) is 12.1 Å². The summed E-state index contributed by atoms with van der Waals surface area (Å²) in [6.45, 7) is 0. The number of rotatable bonds is 2. The summed E-state index contributed by atoms with van der Waals surface area (Å²) in [7, 11) is 0. The van der Waals surface area contributed by atoms with Crippen LogP contribution in [0.1, 0.15) is 19.3 Å². The Morgan fingerprint density at radius 2 is 1.75 bits per heavy atom. The molecule has 0 heterocycles. The highest BCUT2D eigenvalue weighted by Gasteiger charge is 2.47. The largest absolute Gasteiger partial charge is 0.326 e. The van der Waals surface area contributed by atoms with Crippen LogP contribution in [0.25, 0.3) is 0 Å². The van der Waals surface area contributed by atoms with Crippen molar-refractivity contribution in [3.63, 3.8) is 0 Å². The van der Waals surface area contributed by atoms with Crippen molar-refractivity contribution in [3.05, 3.63) is 29.3 Å². The fraction of sp³-hybridized carbons (Fsp3) is 0.462. The van der Waals surface area contributed by atoms with Crippen molar-refractivity contribution in [1.82, 2.24) is 0 Å². The molecular weight excluding hydrogens is 222 g/mol. The van der Waals surface area contributed by atoms with Crippen molar-refractivity contribution in [1.29, 1.82) is 0 Å². The normalized spacial score (nSPS) is 30.9. The SMILES string of the molecule is O=C(Nc1ccc(Cl)cc1)C1CC2CC2C1. The van der Waals surface area contributed by atoms with Gasteiger partial charge in [-0.05, 0) is 55.4 Å². The molecule has 16 heavy (non-hydrogen) atoms. The first-order chi connectivity index (χ1) is 7.72. The topological polar surface area (TPSA) is 29.1 Å². The van der Waals surface area contributed by atoms with Gasteiger partial charge in [-0.3, -0.25) is 4.79 Å². The Balaban J connectivity index is 1.61. The van der Waals surface area contributed by atoms with Gasteiger partial charge in [0.15, 0.2) is 0 Å². The highest BCUT2D eigenvalue weighted by atomic mass is 35.5. The van der Waals surface area contributed by atoms with Crippen molar-refractivity contribution in [2.45, 2.75) is 19.3 Å². The van der Waals surface area contributed by atoms with Crippen LogP contribution in [0.4, 0.5) is 5.69 Å². The van der Waals surface area contributed by atoms with Gasteiger partial charge in [-0.1, -0.05) is 11.6 Å². The molecular formula is C13H14ClNO. The van der Waals surface area contributed by atoms with E-state index < -0.39 is 0 Å². The maximum absolute atomic E-state index is 11.9. The first kappa shape index (κ1) is 10.2. The van der Waals surface area contributed by atoms with E-state index in [9.17, 15) is 4.79 Å². The van der Waals surface area contributed by atoms with Gasteiger partial charge < -0.3 is 5.32 Å². The van der Waals surface area contributed by atoms with E-state index in [4.69, 9.17) is 11.6 Å². The summed E-state index contributed by atoms with van der Waals surface area (Å²) in [5.74, 6) is 2.11. The second-order valence-electron chi connectivity index (χ2n) is 4.92. The zero-order chi connectivity index (χ0) is 11.1. The standard InChI is InChI=1S/C13H14ClNO/c14-11-1-3-12(4-2-11)15-13(16)10-6-8-5-9(8)7-10/h1-4,8-10H,5-7H2,(H,15,16). The van der Waals surface area contributed by atoms with E-state index in [2.05, 4.69) is 5.32 Å². The molecule has 0 bridgehead atoms. The molecule has 2 unspecified atom stereocenters. The summed E-state index contributed by atoms with van der Waals surface area (Å²) in [5.41, 5.74) is 0.843.